The molecular formula is C13H11Cl2NO. The van der Waals surface area contributed by atoms with E-state index in [0.717, 1.165) is 16.6 Å². The molecule has 0 atom stereocenters. The zero-order valence-corrected chi connectivity index (χ0v) is 10.8. The predicted molar refractivity (Wildman–Crippen MR) is 70.3 cm³/mol. The van der Waals surface area contributed by atoms with Crippen molar-refractivity contribution in [3.8, 4) is 5.75 Å². The van der Waals surface area contributed by atoms with Crippen molar-refractivity contribution < 1.29 is 4.74 Å². The minimum absolute atomic E-state index is 0.556. The van der Waals surface area contributed by atoms with Crippen molar-refractivity contribution in [2.24, 2.45) is 0 Å². The normalized spacial score (nSPS) is 15.2. The second kappa shape index (κ2) is 4.04. The molecule has 0 N–H and O–H groups in total. The van der Waals surface area contributed by atoms with Crippen LogP contribution in [-0.2, 0) is 0 Å². The minimum atomic E-state index is 0.556. The van der Waals surface area contributed by atoms with Crippen LogP contribution < -0.4 is 4.74 Å². The standard InChI is InChI=1S/C13H11Cl2NO/c1-17-11-5-4-8(14)12-9(15)6-10(7-2-3-7)16-13(11)12/h4-7H,2-3H2,1H3. The molecule has 88 valence electrons. The Balaban J connectivity index is 2.33. The quantitative estimate of drug-likeness (QED) is 0.803. The van der Waals surface area contributed by atoms with Crippen LogP contribution in [0, 0.1) is 0 Å². The maximum absolute atomic E-state index is 6.29. The first-order valence-electron chi connectivity index (χ1n) is 5.53. The van der Waals surface area contributed by atoms with Crippen molar-refractivity contribution in [3.63, 3.8) is 0 Å². The maximum atomic E-state index is 6.29. The van der Waals surface area contributed by atoms with Gasteiger partial charge in [-0.1, -0.05) is 23.2 Å². The Morgan fingerprint density at radius 1 is 1.24 bits per heavy atom. The highest BCUT2D eigenvalue weighted by Crippen LogP contribution is 2.43. The number of benzene rings is 1. The van der Waals surface area contributed by atoms with Gasteiger partial charge in [-0.2, -0.15) is 0 Å². The molecule has 4 heteroatoms. The topological polar surface area (TPSA) is 22.1 Å². The minimum Gasteiger partial charge on any atom is -0.494 e. The number of ether oxygens (including phenoxy) is 1. The lowest BCUT2D eigenvalue weighted by atomic mass is 10.1. The van der Waals surface area contributed by atoms with Gasteiger partial charge in [-0.05, 0) is 31.0 Å². The lowest BCUT2D eigenvalue weighted by Crippen LogP contribution is -1.93. The SMILES string of the molecule is COc1ccc(Cl)c2c(Cl)cc(C3CC3)nc12. The van der Waals surface area contributed by atoms with Gasteiger partial charge in [0.1, 0.15) is 11.3 Å². The van der Waals surface area contributed by atoms with E-state index in [9.17, 15) is 0 Å². The number of fused-ring (bicyclic) bond motifs is 1. The molecule has 1 aromatic carbocycles. The van der Waals surface area contributed by atoms with Gasteiger partial charge in [-0.15, -0.1) is 0 Å². The molecule has 1 heterocycles. The Morgan fingerprint density at radius 3 is 2.65 bits per heavy atom. The average Bonchev–Trinajstić information content (AvgIpc) is 3.12. The predicted octanol–water partition coefficient (Wildman–Crippen LogP) is 4.43. The summed E-state index contributed by atoms with van der Waals surface area (Å²) in [6, 6.07) is 5.53. The van der Waals surface area contributed by atoms with Crippen molar-refractivity contribution in [1.29, 1.82) is 0 Å². The molecule has 1 fully saturated rings. The Labute approximate surface area is 110 Å². The molecule has 0 aliphatic heterocycles. The highest BCUT2D eigenvalue weighted by atomic mass is 35.5. The molecule has 3 rings (SSSR count). The first-order valence-corrected chi connectivity index (χ1v) is 6.29. The summed E-state index contributed by atoms with van der Waals surface area (Å²) in [6.45, 7) is 0. The highest BCUT2D eigenvalue weighted by Gasteiger charge is 2.26. The fourth-order valence-corrected chi connectivity index (χ4v) is 2.61. The van der Waals surface area contributed by atoms with Crippen LogP contribution >= 0.6 is 23.2 Å². The van der Waals surface area contributed by atoms with Crippen molar-refractivity contribution in [1.82, 2.24) is 4.98 Å². The summed E-state index contributed by atoms with van der Waals surface area (Å²) >= 11 is 12.4. The third-order valence-corrected chi connectivity index (χ3v) is 3.67. The van der Waals surface area contributed by atoms with Crippen LogP contribution in [0.1, 0.15) is 24.5 Å². The monoisotopic (exact) mass is 267 g/mol. The van der Waals surface area contributed by atoms with E-state index in [1.54, 1.807) is 13.2 Å². The summed E-state index contributed by atoms with van der Waals surface area (Å²) in [5.74, 6) is 1.27. The highest BCUT2D eigenvalue weighted by molar-refractivity contribution is 6.42. The van der Waals surface area contributed by atoms with E-state index < -0.39 is 0 Å². The maximum Gasteiger partial charge on any atom is 0.145 e. The number of nitrogens with zero attached hydrogens (tertiary/aromatic N) is 1. The number of halogens is 2. The zero-order valence-electron chi connectivity index (χ0n) is 9.34. The summed E-state index contributed by atoms with van der Waals surface area (Å²) in [4.78, 5) is 4.64. The molecule has 0 saturated heterocycles. The molecule has 1 aromatic heterocycles. The van der Waals surface area contributed by atoms with E-state index in [1.807, 2.05) is 12.1 Å². The van der Waals surface area contributed by atoms with E-state index in [1.165, 1.54) is 12.8 Å². The van der Waals surface area contributed by atoms with Gasteiger partial charge < -0.3 is 4.74 Å². The molecule has 0 radical (unpaired) electrons. The molecule has 0 amide bonds. The molecule has 0 unspecified atom stereocenters. The number of methoxy groups -OCH3 is 1. The number of rotatable bonds is 2. The van der Waals surface area contributed by atoms with Gasteiger partial charge in [0.05, 0.1) is 17.2 Å². The molecule has 2 nitrogen and oxygen atoms in total. The third-order valence-electron chi connectivity index (χ3n) is 3.06. The fourth-order valence-electron chi connectivity index (χ4n) is 2.00. The van der Waals surface area contributed by atoms with Gasteiger partial charge in [0.15, 0.2) is 0 Å². The third kappa shape index (κ3) is 1.85. The average molecular weight is 268 g/mol. The Hall–Kier alpha value is -0.990. The second-order valence-corrected chi connectivity index (χ2v) is 5.09. The van der Waals surface area contributed by atoms with Crippen molar-refractivity contribution in [2.45, 2.75) is 18.8 Å². The van der Waals surface area contributed by atoms with E-state index in [4.69, 9.17) is 27.9 Å². The second-order valence-electron chi connectivity index (χ2n) is 4.28. The van der Waals surface area contributed by atoms with Crippen LogP contribution in [0.15, 0.2) is 18.2 Å². The van der Waals surface area contributed by atoms with Crippen LogP contribution in [0.25, 0.3) is 10.9 Å². The summed E-state index contributed by atoms with van der Waals surface area (Å²) in [5, 5.41) is 2.04. The van der Waals surface area contributed by atoms with E-state index in [0.29, 0.717) is 21.7 Å². The zero-order chi connectivity index (χ0) is 12.0. The van der Waals surface area contributed by atoms with Crippen molar-refractivity contribution >= 4 is 34.1 Å². The van der Waals surface area contributed by atoms with Gasteiger partial charge in [-0.3, -0.25) is 0 Å². The molecule has 1 aliphatic carbocycles. The fraction of sp³-hybridized carbons (Fsp3) is 0.308. The van der Waals surface area contributed by atoms with Gasteiger partial charge in [0.25, 0.3) is 0 Å². The van der Waals surface area contributed by atoms with Crippen molar-refractivity contribution in [3.05, 3.63) is 33.9 Å². The molecule has 2 aromatic rings. The Morgan fingerprint density at radius 2 is 2.00 bits per heavy atom. The van der Waals surface area contributed by atoms with E-state index in [2.05, 4.69) is 4.98 Å². The number of hydrogen-bond donors (Lipinski definition) is 0. The largest absolute Gasteiger partial charge is 0.494 e. The lowest BCUT2D eigenvalue weighted by molar-refractivity contribution is 0.419. The van der Waals surface area contributed by atoms with Gasteiger partial charge in [0.2, 0.25) is 0 Å². The Bertz CT molecular complexity index is 593. The number of aromatic nitrogens is 1. The summed E-state index contributed by atoms with van der Waals surface area (Å²) in [6.07, 6.45) is 2.38. The summed E-state index contributed by atoms with van der Waals surface area (Å²) in [5.41, 5.74) is 1.80. The van der Waals surface area contributed by atoms with E-state index >= 15 is 0 Å². The first kappa shape index (κ1) is 11.1. The number of pyridine rings is 1. The number of hydrogen-bond acceptors (Lipinski definition) is 2. The van der Waals surface area contributed by atoms with Gasteiger partial charge >= 0.3 is 0 Å². The molecule has 1 aliphatic rings. The van der Waals surface area contributed by atoms with Crippen LogP contribution in [0.3, 0.4) is 0 Å². The van der Waals surface area contributed by atoms with Gasteiger partial charge in [-0.25, -0.2) is 4.98 Å². The summed E-state index contributed by atoms with van der Waals surface area (Å²) in [7, 11) is 1.63. The van der Waals surface area contributed by atoms with Crippen LogP contribution in [-0.4, -0.2) is 12.1 Å². The van der Waals surface area contributed by atoms with Crippen LogP contribution in [0.5, 0.6) is 5.75 Å². The molecule has 0 bridgehead atoms. The van der Waals surface area contributed by atoms with Crippen LogP contribution in [0.2, 0.25) is 10.0 Å². The first-order chi connectivity index (χ1) is 8.20. The molecule has 0 spiro atoms. The Kier molecular flexibility index (Phi) is 2.64. The smallest absolute Gasteiger partial charge is 0.145 e. The van der Waals surface area contributed by atoms with Gasteiger partial charge in [0, 0.05) is 17.0 Å². The van der Waals surface area contributed by atoms with Crippen molar-refractivity contribution in [2.75, 3.05) is 7.11 Å². The molecule has 17 heavy (non-hydrogen) atoms. The molecule has 1 saturated carbocycles. The van der Waals surface area contributed by atoms with Crippen LogP contribution in [0.4, 0.5) is 0 Å². The van der Waals surface area contributed by atoms with E-state index in [-0.39, 0.29) is 0 Å². The lowest BCUT2D eigenvalue weighted by Gasteiger charge is -2.09. The summed E-state index contributed by atoms with van der Waals surface area (Å²) < 4.78 is 5.31. The molecular weight excluding hydrogens is 257 g/mol.